The molecule has 0 spiro atoms. The van der Waals surface area contributed by atoms with E-state index in [-0.39, 0.29) is 0 Å². The summed E-state index contributed by atoms with van der Waals surface area (Å²) in [5.41, 5.74) is 10.6. The predicted octanol–water partition coefficient (Wildman–Crippen LogP) is 14.8. The third-order valence-electron chi connectivity index (χ3n) is 12.0. The molecule has 2 heterocycles. The van der Waals surface area contributed by atoms with Gasteiger partial charge in [-0.1, -0.05) is 182 Å². The maximum Gasteiger partial charge on any atom is 0.164 e. The molecular weight excluding hydrogens is 741 g/mol. The highest BCUT2D eigenvalue weighted by Crippen LogP contribution is 2.42. The van der Waals surface area contributed by atoms with Gasteiger partial charge in [0.25, 0.3) is 0 Å². The van der Waals surface area contributed by atoms with Crippen LogP contribution < -0.4 is 0 Å². The molecule has 0 unspecified atom stereocenters. The van der Waals surface area contributed by atoms with E-state index < -0.39 is 0 Å². The van der Waals surface area contributed by atoms with Crippen LogP contribution in [-0.4, -0.2) is 19.5 Å². The standard InChI is InChI=1S/C57H36N4/c1-3-15-37(16-4-1)41-24-13-25-44(33-41)51-36-45(61-53-35-43-22-8-7-21-42(43)34-52(53)48-31-29-39-18-10-12-27-47(39)54(48)61)30-32-50(51)57-59-55(40-19-5-2-6-20-40)58-56(60-57)49-28-14-23-38-17-9-11-26-46(38)49/h1-36H. The smallest absolute Gasteiger partial charge is 0.164 e. The van der Waals surface area contributed by atoms with Gasteiger partial charge in [-0.05, 0) is 85.6 Å². The third-order valence-corrected chi connectivity index (χ3v) is 12.0. The molecule has 12 aromatic rings. The molecule has 0 atom stereocenters. The Bertz CT molecular complexity index is 3640. The second-order valence-corrected chi connectivity index (χ2v) is 15.6. The maximum atomic E-state index is 5.35. The largest absolute Gasteiger partial charge is 0.309 e. The monoisotopic (exact) mass is 776 g/mol. The second kappa shape index (κ2) is 14.3. The fourth-order valence-corrected chi connectivity index (χ4v) is 9.09. The molecule has 10 aromatic carbocycles. The Balaban J connectivity index is 1.16. The number of fused-ring (bicyclic) bond motifs is 7. The van der Waals surface area contributed by atoms with Gasteiger partial charge < -0.3 is 4.57 Å². The molecule has 4 heteroatoms. The maximum absolute atomic E-state index is 5.35. The first-order valence-electron chi connectivity index (χ1n) is 20.7. The minimum atomic E-state index is 0.613. The third kappa shape index (κ3) is 5.96. The summed E-state index contributed by atoms with van der Waals surface area (Å²) in [5.74, 6) is 1.87. The van der Waals surface area contributed by atoms with E-state index in [1.165, 1.54) is 37.8 Å². The van der Waals surface area contributed by atoms with Crippen molar-refractivity contribution >= 4 is 54.1 Å². The predicted molar refractivity (Wildman–Crippen MR) is 254 cm³/mol. The topological polar surface area (TPSA) is 43.6 Å². The van der Waals surface area contributed by atoms with Crippen LogP contribution >= 0.6 is 0 Å². The van der Waals surface area contributed by atoms with Gasteiger partial charge in [-0.25, -0.2) is 15.0 Å². The van der Waals surface area contributed by atoms with Crippen LogP contribution in [-0.2, 0) is 0 Å². The molecule has 2 aromatic heterocycles. The quantitative estimate of drug-likeness (QED) is 0.169. The van der Waals surface area contributed by atoms with E-state index in [2.05, 4.69) is 205 Å². The van der Waals surface area contributed by atoms with Gasteiger partial charge in [-0.15, -0.1) is 0 Å². The lowest BCUT2D eigenvalue weighted by atomic mass is 9.94. The van der Waals surface area contributed by atoms with Gasteiger partial charge >= 0.3 is 0 Å². The molecule has 0 N–H and O–H groups in total. The molecule has 0 fully saturated rings. The molecule has 0 bridgehead atoms. The average Bonchev–Trinajstić information content (AvgIpc) is 3.66. The van der Waals surface area contributed by atoms with Gasteiger partial charge in [0.2, 0.25) is 0 Å². The normalized spacial score (nSPS) is 11.6. The molecule has 61 heavy (non-hydrogen) atoms. The molecule has 0 amide bonds. The summed E-state index contributed by atoms with van der Waals surface area (Å²) >= 11 is 0. The number of aromatic nitrogens is 4. The molecular formula is C57H36N4. The Morgan fingerprint density at radius 1 is 0.279 bits per heavy atom. The Kier molecular flexibility index (Phi) is 8.13. The van der Waals surface area contributed by atoms with Crippen molar-refractivity contribution in [2.24, 2.45) is 0 Å². The van der Waals surface area contributed by atoms with Crippen LogP contribution in [0.3, 0.4) is 0 Å². The first kappa shape index (κ1) is 34.8. The van der Waals surface area contributed by atoms with Crippen molar-refractivity contribution in [1.82, 2.24) is 19.5 Å². The fraction of sp³-hybridized carbons (Fsp3) is 0. The Hall–Kier alpha value is -8.21. The lowest BCUT2D eigenvalue weighted by Crippen LogP contribution is -2.02. The molecule has 0 radical (unpaired) electrons. The summed E-state index contributed by atoms with van der Waals surface area (Å²) in [6, 6.07) is 77.7. The SMILES string of the molecule is c1ccc(-c2cccc(-c3cc(-n4c5cc6ccccc6cc5c5ccc6ccccc6c54)ccc3-c3nc(-c4ccccc4)nc(-c4cccc5ccccc45)n3)c2)cc1. The second-order valence-electron chi connectivity index (χ2n) is 15.6. The fourth-order valence-electron chi connectivity index (χ4n) is 9.09. The number of nitrogens with zero attached hydrogens (tertiary/aromatic N) is 4. The van der Waals surface area contributed by atoms with Gasteiger partial charge in [0.05, 0.1) is 11.0 Å². The van der Waals surface area contributed by atoms with Gasteiger partial charge in [0.1, 0.15) is 0 Å². The van der Waals surface area contributed by atoms with E-state index in [1.54, 1.807) is 0 Å². The number of benzene rings is 10. The highest BCUT2D eigenvalue weighted by atomic mass is 15.0. The van der Waals surface area contributed by atoms with Crippen LogP contribution in [0, 0.1) is 0 Å². The molecule has 4 nitrogen and oxygen atoms in total. The number of rotatable bonds is 6. The molecule has 0 saturated heterocycles. The highest BCUT2D eigenvalue weighted by molar-refractivity contribution is 6.20. The minimum Gasteiger partial charge on any atom is -0.309 e. The van der Waals surface area contributed by atoms with E-state index in [1.807, 2.05) is 18.2 Å². The van der Waals surface area contributed by atoms with Gasteiger partial charge in [0.15, 0.2) is 17.5 Å². The number of hydrogen-bond acceptors (Lipinski definition) is 3. The van der Waals surface area contributed by atoms with Crippen molar-refractivity contribution in [1.29, 1.82) is 0 Å². The van der Waals surface area contributed by atoms with Gasteiger partial charge in [-0.3, -0.25) is 0 Å². The van der Waals surface area contributed by atoms with E-state index in [4.69, 9.17) is 15.0 Å². The van der Waals surface area contributed by atoms with Gasteiger partial charge in [0, 0.05) is 38.5 Å². The summed E-state index contributed by atoms with van der Waals surface area (Å²) < 4.78 is 2.46. The van der Waals surface area contributed by atoms with Crippen molar-refractivity contribution in [2.45, 2.75) is 0 Å². The van der Waals surface area contributed by atoms with Crippen molar-refractivity contribution in [2.75, 3.05) is 0 Å². The summed E-state index contributed by atoms with van der Waals surface area (Å²) in [6.45, 7) is 0. The average molecular weight is 777 g/mol. The first-order valence-corrected chi connectivity index (χ1v) is 20.7. The zero-order valence-corrected chi connectivity index (χ0v) is 33.1. The van der Waals surface area contributed by atoms with Crippen LogP contribution in [0.4, 0.5) is 0 Å². The Morgan fingerprint density at radius 2 is 0.852 bits per heavy atom. The summed E-state index contributed by atoms with van der Waals surface area (Å²) in [6.07, 6.45) is 0. The van der Waals surface area contributed by atoms with Crippen molar-refractivity contribution in [3.63, 3.8) is 0 Å². The molecule has 0 aliphatic carbocycles. The van der Waals surface area contributed by atoms with E-state index in [9.17, 15) is 0 Å². The summed E-state index contributed by atoms with van der Waals surface area (Å²) in [4.78, 5) is 15.8. The number of hydrogen-bond donors (Lipinski definition) is 0. The zero-order valence-electron chi connectivity index (χ0n) is 33.1. The van der Waals surface area contributed by atoms with Crippen LogP contribution in [0.2, 0.25) is 0 Å². The van der Waals surface area contributed by atoms with Crippen LogP contribution in [0.15, 0.2) is 218 Å². The summed E-state index contributed by atoms with van der Waals surface area (Å²) in [5, 5.41) is 9.52. The van der Waals surface area contributed by atoms with Crippen molar-refractivity contribution in [3.05, 3.63) is 218 Å². The zero-order chi connectivity index (χ0) is 40.3. The van der Waals surface area contributed by atoms with E-state index in [0.29, 0.717) is 17.5 Å². The van der Waals surface area contributed by atoms with E-state index in [0.717, 1.165) is 60.9 Å². The molecule has 0 saturated carbocycles. The highest BCUT2D eigenvalue weighted by Gasteiger charge is 2.21. The first-order chi connectivity index (χ1) is 30.2. The van der Waals surface area contributed by atoms with E-state index >= 15 is 0 Å². The minimum absolute atomic E-state index is 0.613. The van der Waals surface area contributed by atoms with Gasteiger partial charge in [-0.2, -0.15) is 0 Å². The Morgan fingerprint density at radius 3 is 1.64 bits per heavy atom. The van der Waals surface area contributed by atoms with Crippen LogP contribution in [0.25, 0.3) is 116 Å². The lowest BCUT2D eigenvalue weighted by molar-refractivity contribution is 1.08. The molecule has 12 rings (SSSR count). The molecule has 0 aliphatic rings. The molecule has 0 aliphatic heterocycles. The van der Waals surface area contributed by atoms with Crippen molar-refractivity contribution in [3.8, 4) is 62.1 Å². The van der Waals surface area contributed by atoms with Crippen LogP contribution in [0.1, 0.15) is 0 Å². The molecule has 284 valence electrons. The van der Waals surface area contributed by atoms with Crippen LogP contribution in [0.5, 0.6) is 0 Å². The Labute approximate surface area is 352 Å². The lowest BCUT2D eigenvalue weighted by Gasteiger charge is -2.17. The summed E-state index contributed by atoms with van der Waals surface area (Å²) in [7, 11) is 0. The van der Waals surface area contributed by atoms with Crippen molar-refractivity contribution < 1.29 is 0 Å².